The third kappa shape index (κ3) is 4.06. The quantitative estimate of drug-likeness (QED) is 0.487. The molecule has 0 saturated carbocycles. The van der Waals surface area contributed by atoms with E-state index in [0.29, 0.717) is 6.42 Å². The number of non-ortho nitro benzene ring substituents is 1. The van der Waals surface area contributed by atoms with E-state index in [9.17, 15) is 19.3 Å². The molecule has 0 aliphatic rings. The number of hydrogen-bond acceptors (Lipinski definition) is 4. The van der Waals surface area contributed by atoms with Gasteiger partial charge in [-0.25, -0.2) is 9.18 Å². The Morgan fingerprint density at radius 3 is 2.74 bits per heavy atom. The highest BCUT2D eigenvalue weighted by molar-refractivity contribution is 5.86. The zero-order valence-electron chi connectivity index (χ0n) is 10.1. The lowest BCUT2D eigenvalue weighted by atomic mass is 10.2. The van der Waals surface area contributed by atoms with Crippen LogP contribution in [0.5, 0.6) is 5.75 Å². The zero-order valence-corrected chi connectivity index (χ0v) is 10.1. The molecule has 1 aromatic carbocycles. The lowest BCUT2D eigenvalue weighted by Gasteiger charge is -2.05. The Hall–Kier alpha value is -2.44. The van der Waals surface area contributed by atoms with E-state index in [1.54, 1.807) is 6.92 Å². The molecule has 1 rings (SSSR count). The Kier molecular flexibility index (Phi) is 4.99. The van der Waals surface area contributed by atoms with Gasteiger partial charge >= 0.3 is 5.97 Å². The van der Waals surface area contributed by atoms with E-state index < -0.39 is 16.7 Å². The number of nitro groups is 1. The van der Waals surface area contributed by atoms with E-state index >= 15 is 0 Å². The molecule has 102 valence electrons. The maximum absolute atomic E-state index is 13.4. The van der Waals surface area contributed by atoms with Gasteiger partial charge in [0.2, 0.25) is 0 Å². The van der Waals surface area contributed by atoms with Crippen LogP contribution in [0.4, 0.5) is 10.1 Å². The topological polar surface area (TPSA) is 89.7 Å². The number of carbonyl (C=O) groups is 1. The van der Waals surface area contributed by atoms with Crippen molar-refractivity contribution < 1.29 is 24.0 Å². The van der Waals surface area contributed by atoms with Crippen molar-refractivity contribution in [3.8, 4) is 5.75 Å². The average molecular weight is 269 g/mol. The Bertz CT molecular complexity index is 527. The molecular weight excluding hydrogens is 257 g/mol. The molecule has 0 amide bonds. The van der Waals surface area contributed by atoms with Crippen molar-refractivity contribution in [2.75, 3.05) is 6.61 Å². The molecule has 0 aliphatic heterocycles. The van der Waals surface area contributed by atoms with Gasteiger partial charge < -0.3 is 9.84 Å². The van der Waals surface area contributed by atoms with E-state index in [1.807, 2.05) is 0 Å². The predicted octanol–water partition coefficient (Wildman–Crippen LogP) is 2.53. The first kappa shape index (κ1) is 14.6. The number of aliphatic carboxylic acids is 1. The largest absolute Gasteiger partial charge is 0.486 e. The summed E-state index contributed by atoms with van der Waals surface area (Å²) in [6, 6.07) is 2.99. The average Bonchev–Trinajstić information content (AvgIpc) is 2.35. The van der Waals surface area contributed by atoms with Crippen molar-refractivity contribution in [1.82, 2.24) is 0 Å². The van der Waals surface area contributed by atoms with Gasteiger partial charge in [0, 0.05) is 11.6 Å². The highest BCUT2D eigenvalue weighted by Crippen LogP contribution is 2.22. The second-order valence-electron chi connectivity index (χ2n) is 3.57. The molecule has 0 bridgehead atoms. The number of nitro benzene ring substituents is 1. The van der Waals surface area contributed by atoms with Gasteiger partial charge in [0.15, 0.2) is 11.6 Å². The summed E-state index contributed by atoms with van der Waals surface area (Å²) in [4.78, 5) is 20.4. The van der Waals surface area contributed by atoms with Crippen molar-refractivity contribution in [1.29, 1.82) is 0 Å². The third-order valence-electron chi connectivity index (χ3n) is 2.35. The number of ether oxygens (including phenoxy) is 1. The van der Waals surface area contributed by atoms with Gasteiger partial charge in [-0.3, -0.25) is 10.1 Å². The molecule has 0 unspecified atom stereocenters. The third-order valence-corrected chi connectivity index (χ3v) is 2.35. The normalized spacial score (nSPS) is 11.2. The minimum Gasteiger partial charge on any atom is -0.486 e. The fraction of sp³-hybridized carbons (Fsp3) is 0.250. The fourth-order valence-electron chi connectivity index (χ4n) is 1.34. The molecule has 1 aromatic rings. The van der Waals surface area contributed by atoms with Crippen LogP contribution in [-0.2, 0) is 4.79 Å². The van der Waals surface area contributed by atoms with Crippen molar-refractivity contribution in [3.63, 3.8) is 0 Å². The first-order valence-corrected chi connectivity index (χ1v) is 5.44. The second kappa shape index (κ2) is 6.48. The van der Waals surface area contributed by atoms with Crippen LogP contribution in [0.25, 0.3) is 0 Å². The van der Waals surface area contributed by atoms with Gasteiger partial charge in [-0.15, -0.1) is 0 Å². The summed E-state index contributed by atoms with van der Waals surface area (Å²) in [5.74, 6) is -2.09. The Morgan fingerprint density at radius 2 is 2.26 bits per heavy atom. The van der Waals surface area contributed by atoms with Crippen molar-refractivity contribution in [3.05, 3.63) is 45.8 Å². The van der Waals surface area contributed by atoms with Crippen LogP contribution < -0.4 is 4.74 Å². The summed E-state index contributed by atoms with van der Waals surface area (Å²) in [7, 11) is 0. The lowest BCUT2D eigenvalue weighted by molar-refractivity contribution is -0.385. The summed E-state index contributed by atoms with van der Waals surface area (Å²) >= 11 is 0. The summed E-state index contributed by atoms with van der Waals surface area (Å²) in [5.41, 5.74) is -0.220. The lowest BCUT2D eigenvalue weighted by Crippen LogP contribution is -2.03. The van der Waals surface area contributed by atoms with Crippen LogP contribution in [0, 0.1) is 15.9 Å². The Labute approximate surface area is 108 Å². The summed E-state index contributed by atoms with van der Waals surface area (Å²) in [6.07, 6.45) is 1.64. The number of carboxylic acids is 1. The highest BCUT2D eigenvalue weighted by Gasteiger charge is 2.11. The first-order valence-electron chi connectivity index (χ1n) is 5.44. The summed E-state index contributed by atoms with van der Waals surface area (Å²) in [6.45, 7) is 1.55. The van der Waals surface area contributed by atoms with E-state index in [0.717, 1.165) is 18.2 Å². The number of rotatable bonds is 6. The van der Waals surface area contributed by atoms with Gasteiger partial charge in [0.1, 0.15) is 6.61 Å². The number of benzene rings is 1. The molecule has 0 atom stereocenters. The highest BCUT2D eigenvalue weighted by atomic mass is 19.1. The molecule has 19 heavy (non-hydrogen) atoms. The van der Waals surface area contributed by atoms with Crippen LogP contribution in [0.2, 0.25) is 0 Å². The van der Waals surface area contributed by atoms with Gasteiger partial charge in [0.25, 0.3) is 5.69 Å². The summed E-state index contributed by atoms with van der Waals surface area (Å²) in [5, 5.41) is 19.2. The van der Waals surface area contributed by atoms with Crippen molar-refractivity contribution in [2.45, 2.75) is 13.3 Å². The molecule has 0 fully saturated rings. The van der Waals surface area contributed by atoms with E-state index in [1.165, 1.54) is 6.08 Å². The molecule has 0 aliphatic carbocycles. The van der Waals surface area contributed by atoms with Crippen LogP contribution in [0.1, 0.15) is 13.3 Å². The fourth-order valence-corrected chi connectivity index (χ4v) is 1.34. The monoisotopic (exact) mass is 269 g/mol. The smallest absolute Gasteiger partial charge is 0.331 e. The summed E-state index contributed by atoms with van der Waals surface area (Å²) < 4.78 is 18.4. The maximum Gasteiger partial charge on any atom is 0.331 e. The van der Waals surface area contributed by atoms with Crippen LogP contribution in [0.3, 0.4) is 0 Å². The van der Waals surface area contributed by atoms with Gasteiger partial charge in [0.05, 0.1) is 11.0 Å². The molecule has 6 nitrogen and oxygen atoms in total. The van der Waals surface area contributed by atoms with Gasteiger partial charge in [-0.05, 0) is 18.6 Å². The molecule has 7 heteroatoms. The van der Waals surface area contributed by atoms with Crippen LogP contribution in [0.15, 0.2) is 29.8 Å². The zero-order chi connectivity index (χ0) is 14.4. The van der Waals surface area contributed by atoms with E-state index in [2.05, 4.69) is 0 Å². The molecule has 0 radical (unpaired) electrons. The molecule has 0 heterocycles. The number of carboxylic acid groups (broad SMARTS) is 1. The van der Waals surface area contributed by atoms with Crippen LogP contribution >= 0.6 is 0 Å². The predicted molar refractivity (Wildman–Crippen MR) is 64.6 cm³/mol. The van der Waals surface area contributed by atoms with E-state index in [4.69, 9.17) is 9.84 Å². The number of halogens is 1. The Balaban J connectivity index is 2.74. The van der Waals surface area contributed by atoms with Gasteiger partial charge in [-0.1, -0.05) is 6.92 Å². The minimum absolute atomic E-state index is 0.121. The van der Waals surface area contributed by atoms with Gasteiger partial charge in [-0.2, -0.15) is 0 Å². The first-order chi connectivity index (χ1) is 8.95. The minimum atomic E-state index is -1.06. The second-order valence-corrected chi connectivity index (χ2v) is 3.57. The molecular formula is C12H12FNO5. The van der Waals surface area contributed by atoms with Crippen molar-refractivity contribution >= 4 is 11.7 Å². The standard InChI is InChI=1S/C12H12FNO5/c1-2-8(12(15)16)5-6-19-11-4-3-9(14(17)18)7-10(11)13/h3-5,7H,2,6H2,1H3,(H,15,16). The van der Waals surface area contributed by atoms with Crippen molar-refractivity contribution in [2.24, 2.45) is 0 Å². The number of nitrogens with zero attached hydrogens (tertiary/aromatic N) is 1. The SMILES string of the molecule is CCC(=CCOc1ccc([N+](=O)[O-])cc1F)C(=O)O. The maximum atomic E-state index is 13.4. The molecule has 0 spiro atoms. The molecule has 0 saturated heterocycles. The molecule has 0 aromatic heterocycles. The Morgan fingerprint density at radius 1 is 1.58 bits per heavy atom. The molecule has 1 N–H and O–H groups in total. The van der Waals surface area contributed by atoms with E-state index in [-0.39, 0.29) is 23.6 Å². The number of hydrogen-bond donors (Lipinski definition) is 1. The van der Waals surface area contributed by atoms with Crippen LogP contribution in [-0.4, -0.2) is 22.6 Å².